The molecule has 2 aliphatic rings. The highest BCUT2D eigenvalue weighted by atomic mass is 19.3. The minimum absolute atomic E-state index is 0.0765. The van der Waals surface area contributed by atoms with Crippen molar-refractivity contribution in [1.82, 2.24) is 9.80 Å². The van der Waals surface area contributed by atoms with Crippen LogP contribution in [-0.4, -0.2) is 46.2 Å². The summed E-state index contributed by atoms with van der Waals surface area (Å²) in [5.74, 6) is -4.06. The maximum atomic E-state index is 13.8. The zero-order valence-electron chi connectivity index (χ0n) is 13.3. The van der Waals surface area contributed by atoms with Crippen molar-refractivity contribution in [2.45, 2.75) is 43.8 Å². The SMILES string of the molecule is C=CC(=O)N1CC(F)(F)C[C@H]1C(=O)N(Cc1ccccc1)C1CC1. The third kappa shape index (κ3) is 3.47. The summed E-state index contributed by atoms with van der Waals surface area (Å²) >= 11 is 0. The Hall–Kier alpha value is -2.24. The second-order valence-electron chi connectivity index (χ2n) is 6.43. The molecular formula is C18H20F2N2O2. The number of carbonyl (C=O) groups is 2. The molecule has 2 amide bonds. The Bertz CT molecular complexity index is 644. The smallest absolute Gasteiger partial charge is 0.267 e. The molecule has 6 heteroatoms. The largest absolute Gasteiger partial charge is 0.334 e. The molecule has 1 atom stereocenters. The molecular weight excluding hydrogens is 314 g/mol. The van der Waals surface area contributed by atoms with Gasteiger partial charge in [0.05, 0.1) is 6.54 Å². The summed E-state index contributed by atoms with van der Waals surface area (Å²) in [6.07, 6.45) is 2.11. The molecule has 1 saturated heterocycles. The molecule has 2 fully saturated rings. The molecule has 1 aromatic carbocycles. The van der Waals surface area contributed by atoms with Crippen LogP contribution in [0.15, 0.2) is 43.0 Å². The first-order valence-corrected chi connectivity index (χ1v) is 8.06. The van der Waals surface area contributed by atoms with Crippen LogP contribution in [-0.2, 0) is 16.1 Å². The summed E-state index contributed by atoms with van der Waals surface area (Å²) in [5, 5.41) is 0. The van der Waals surface area contributed by atoms with Crippen molar-refractivity contribution < 1.29 is 18.4 Å². The number of hydrogen-bond donors (Lipinski definition) is 0. The number of rotatable bonds is 5. The Morgan fingerprint density at radius 2 is 1.96 bits per heavy atom. The number of hydrogen-bond acceptors (Lipinski definition) is 2. The predicted octanol–water partition coefficient (Wildman–Crippen LogP) is 2.60. The highest BCUT2D eigenvalue weighted by molar-refractivity contribution is 5.93. The molecule has 3 rings (SSSR count). The molecule has 0 spiro atoms. The van der Waals surface area contributed by atoms with Crippen molar-refractivity contribution in [3.63, 3.8) is 0 Å². The summed E-state index contributed by atoms with van der Waals surface area (Å²) in [7, 11) is 0. The summed E-state index contributed by atoms with van der Waals surface area (Å²) in [4.78, 5) is 27.4. The fourth-order valence-corrected chi connectivity index (χ4v) is 3.13. The number of benzene rings is 1. The second kappa shape index (κ2) is 6.34. The lowest BCUT2D eigenvalue weighted by Gasteiger charge is -2.29. The van der Waals surface area contributed by atoms with E-state index in [0.29, 0.717) is 6.54 Å². The van der Waals surface area contributed by atoms with Crippen molar-refractivity contribution in [3.8, 4) is 0 Å². The van der Waals surface area contributed by atoms with E-state index in [-0.39, 0.29) is 6.04 Å². The average molecular weight is 334 g/mol. The third-order valence-corrected chi connectivity index (χ3v) is 4.48. The quantitative estimate of drug-likeness (QED) is 0.777. The Morgan fingerprint density at radius 1 is 1.29 bits per heavy atom. The van der Waals surface area contributed by atoms with E-state index in [4.69, 9.17) is 0 Å². The van der Waals surface area contributed by atoms with Crippen LogP contribution in [0.3, 0.4) is 0 Å². The Labute approximate surface area is 139 Å². The van der Waals surface area contributed by atoms with Gasteiger partial charge in [0.25, 0.3) is 5.92 Å². The molecule has 24 heavy (non-hydrogen) atoms. The van der Waals surface area contributed by atoms with Gasteiger partial charge in [-0.1, -0.05) is 36.9 Å². The molecule has 0 bridgehead atoms. The third-order valence-electron chi connectivity index (χ3n) is 4.48. The van der Waals surface area contributed by atoms with Gasteiger partial charge >= 0.3 is 0 Å². The van der Waals surface area contributed by atoms with Gasteiger partial charge in [0.15, 0.2) is 0 Å². The Kier molecular flexibility index (Phi) is 4.39. The van der Waals surface area contributed by atoms with Gasteiger partial charge in [-0.15, -0.1) is 0 Å². The molecule has 0 radical (unpaired) electrons. The van der Waals surface area contributed by atoms with Crippen LogP contribution >= 0.6 is 0 Å². The fraction of sp³-hybridized carbons (Fsp3) is 0.444. The molecule has 1 aliphatic carbocycles. The van der Waals surface area contributed by atoms with Crippen molar-refractivity contribution in [3.05, 3.63) is 48.6 Å². The second-order valence-corrected chi connectivity index (χ2v) is 6.43. The molecule has 1 aromatic rings. The van der Waals surface area contributed by atoms with Crippen molar-refractivity contribution >= 4 is 11.8 Å². The normalized spacial score (nSPS) is 22.2. The monoisotopic (exact) mass is 334 g/mol. The van der Waals surface area contributed by atoms with Crippen LogP contribution < -0.4 is 0 Å². The van der Waals surface area contributed by atoms with Gasteiger partial charge in [-0.25, -0.2) is 8.78 Å². The first kappa shape index (κ1) is 16.6. The zero-order valence-corrected chi connectivity index (χ0v) is 13.3. The average Bonchev–Trinajstić information content (AvgIpc) is 3.35. The Balaban J connectivity index is 1.81. The molecule has 1 aliphatic heterocycles. The van der Waals surface area contributed by atoms with Crippen LogP contribution in [0.1, 0.15) is 24.8 Å². The van der Waals surface area contributed by atoms with E-state index in [9.17, 15) is 18.4 Å². The van der Waals surface area contributed by atoms with E-state index >= 15 is 0 Å². The maximum Gasteiger partial charge on any atom is 0.267 e. The molecule has 0 unspecified atom stereocenters. The topological polar surface area (TPSA) is 40.6 Å². The van der Waals surface area contributed by atoms with Gasteiger partial charge in [0.1, 0.15) is 6.04 Å². The van der Waals surface area contributed by atoms with Gasteiger partial charge in [-0.3, -0.25) is 9.59 Å². The zero-order chi connectivity index (χ0) is 17.3. The maximum absolute atomic E-state index is 13.8. The van der Waals surface area contributed by atoms with Crippen molar-refractivity contribution in [1.29, 1.82) is 0 Å². The summed E-state index contributed by atoms with van der Waals surface area (Å²) in [5.41, 5.74) is 0.948. The summed E-state index contributed by atoms with van der Waals surface area (Å²) in [6, 6.07) is 8.40. The lowest BCUT2D eigenvalue weighted by atomic mass is 10.1. The van der Waals surface area contributed by atoms with E-state index < -0.39 is 36.7 Å². The lowest BCUT2D eigenvalue weighted by molar-refractivity contribution is -0.142. The van der Waals surface area contributed by atoms with E-state index in [0.717, 1.165) is 29.4 Å². The first-order chi connectivity index (χ1) is 11.4. The number of alkyl halides is 2. The molecule has 1 saturated carbocycles. The Morgan fingerprint density at radius 3 is 2.54 bits per heavy atom. The van der Waals surface area contributed by atoms with Crippen LogP contribution in [0, 0.1) is 0 Å². The van der Waals surface area contributed by atoms with Gasteiger partial charge in [-0.05, 0) is 24.5 Å². The van der Waals surface area contributed by atoms with Crippen LogP contribution in [0.25, 0.3) is 0 Å². The van der Waals surface area contributed by atoms with Gasteiger partial charge in [-0.2, -0.15) is 0 Å². The number of likely N-dealkylation sites (tertiary alicyclic amines) is 1. The van der Waals surface area contributed by atoms with Crippen LogP contribution in [0.5, 0.6) is 0 Å². The van der Waals surface area contributed by atoms with Crippen molar-refractivity contribution in [2.24, 2.45) is 0 Å². The van der Waals surface area contributed by atoms with E-state index in [1.54, 1.807) is 4.90 Å². The highest BCUT2D eigenvalue weighted by Crippen LogP contribution is 2.36. The van der Waals surface area contributed by atoms with E-state index in [2.05, 4.69) is 6.58 Å². The predicted molar refractivity (Wildman–Crippen MR) is 85.3 cm³/mol. The van der Waals surface area contributed by atoms with Gasteiger partial charge in [0, 0.05) is 19.0 Å². The summed E-state index contributed by atoms with van der Waals surface area (Å²) in [6.45, 7) is 3.00. The highest BCUT2D eigenvalue weighted by Gasteiger charge is 2.51. The molecule has 0 N–H and O–H groups in total. The number of halogens is 2. The molecule has 1 heterocycles. The number of amides is 2. The molecule has 0 aromatic heterocycles. The van der Waals surface area contributed by atoms with Crippen LogP contribution in [0.4, 0.5) is 8.78 Å². The van der Waals surface area contributed by atoms with Gasteiger partial charge in [0.2, 0.25) is 11.8 Å². The van der Waals surface area contributed by atoms with E-state index in [1.807, 2.05) is 30.3 Å². The minimum atomic E-state index is -3.04. The molecule has 4 nitrogen and oxygen atoms in total. The fourth-order valence-electron chi connectivity index (χ4n) is 3.13. The van der Waals surface area contributed by atoms with Crippen LogP contribution in [0.2, 0.25) is 0 Å². The standard InChI is InChI=1S/C18H20F2N2O2/c1-2-16(23)22-12-18(19,20)10-15(22)17(24)21(14-8-9-14)11-13-6-4-3-5-7-13/h2-7,14-15H,1,8-12H2/t15-/m0/s1. The van der Waals surface area contributed by atoms with Crippen molar-refractivity contribution in [2.75, 3.05) is 6.54 Å². The number of nitrogens with zero attached hydrogens (tertiary/aromatic N) is 2. The summed E-state index contributed by atoms with van der Waals surface area (Å²) < 4.78 is 27.6. The molecule has 128 valence electrons. The first-order valence-electron chi connectivity index (χ1n) is 8.06. The van der Waals surface area contributed by atoms with Gasteiger partial charge < -0.3 is 9.80 Å². The number of carbonyl (C=O) groups excluding carboxylic acids is 2. The minimum Gasteiger partial charge on any atom is -0.334 e. The van der Waals surface area contributed by atoms with E-state index in [1.165, 1.54) is 0 Å². The lowest BCUT2D eigenvalue weighted by Crippen LogP contribution is -2.47.